The zero-order valence-electron chi connectivity index (χ0n) is 13.1. The molecule has 2 aromatic rings. The van der Waals surface area contributed by atoms with Crippen molar-refractivity contribution in [2.75, 3.05) is 0 Å². The molecule has 0 bridgehead atoms. The van der Waals surface area contributed by atoms with Crippen LogP contribution in [0, 0.1) is 6.92 Å². The number of aromatic nitrogens is 3. The van der Waals surface area contributed by atoms with Crippen molar-refractivity contribution in [3.8, 4) is 11.8 Å². The standard InChI is InChI=1S/C15H21ClN4O/c1-10-6-13(20(5)19-10)21-14-12(16)7-11(8-17-14)9-18-15(2,3)4/h6-8,18H,9H2,1-5H3. The topological polar surface area (TPSA) is 52.0 Å². The second-order valence-electron chi connectivity index (χ2n) is 6.08. The maximum atomic E-state index is 6.24. The summed E-state index contributed by atoms with van der Waals surface area (Å²) in [5.41, 5.74) is 1.95. The molecule has 2 rings (SSSR count). The highest BCUT2D eigenvalue weighted by Gasteiger charge is 2.12. The predicted molar refractivity (Wildman–Crippen MR) is 83.9 cm³/mol. The van der Waals surface area contributed by atoms with Gasteiger partial charge in [-0.05, 0) is 39.3 Å². The summed E-state index contributed by atoms with van der Waals surface area (Å²) in [5, 5.41) is 8.10. The molecule has 0 unspecified atom stereocenters. The first-order valence-corrected chi connectivity index (χ1v) is 7.20. The predicted octanol–water partition coefficient (Wildman–Crippen LogP) is 3.46. The molecule has 0 atom stereocenters. The van der Waals surface area contributed by atoms with E-state index in [0.717, 1.165) is 11.3 Å². The van der Waals surface area contributed by atoms with E-state index < -0.39 is 0 Å². The summed E-state index contributed by atoms with van der Waals surface area (Å²) in [7, 11) is 1.82. The number of hydrogen-bond donors (Lipinski definition) is 1. The molecule has 0 saturated carbocycles. The van der Waals surface area contributed by atoms with Gasteiger partial charge in [-0.15, -0.1) is 0 Å². The Morgan fingerprint density at radius 2 is 2.05 bits per heavy atom. The lowest BCUT2D eigenvalue weighted by Gasteiger charge is -2.20. The lowest BCUT2D eigenvalue weighted by molar-refractivity contribution is 0.412. The minimum absolute atomic E-state index is 0.0495. The minimum Gasteiger partial charge on any atom is -0.419 e. The molecule has 2 heterocycles. The van der Waals surface area contributed by atoms with Crippen LogP contribution in [0.5, 0.6) is 11.8 Å². The van der Waals surface area contributed by atoms with Gasteiger partial charge in [0.2, 0.25) is 11.8 Å². The van der Waals surface area contributed by atoms with Crippen molar-refractivity contribution in [2.45, 2.75) is 39.8 Å². The molecule has 1 N–H and O–H groups in total. The van der Waals surface area contributed by atoms with E-state index >= 15 is 0 Å². The largest absolute Gasteiger partial charge is 0.419 e. The molecule has 0 aromatic carbocycles. The van der Waals surface area contributed by atoms with Crippen molar-refractivity contribution in [3.63, 3.8) is 0 Å². The van der Waals surface area contributed by atoms with Gasteiger partial charge in [-0.1, -0.05) is 11.6 Å². The lowest BCUT2D eigenvalue weighted by atomic mass is 10.1. The summed E-state index contributed by atoms with van der Waals surface area (Å²) in [5.74, 6) is 1.00. The van der Waals surface area contributed by atoms with E-state index in [0.29, 0.717) is 23.3 Å². The zero-order chi connectivity index (χ0) is 15.6. The van der Waals surface area contributed by atoms with E-state index in [-0.39, 0.29) is 5.54 Å². The highest BCUT2D eigenvalue weighted by Crippen LogP contribution is 2.27. The van der Waals surface area contributed by atoms with Crippen LogP contribution in [-0.4, -0.2) is 20.3 Å². The number of rotatable bonds is 4. The van der Waals surface area contributed by atoms with Crippen molar-refractivity contribution in [3.05, 3.63) is 34.6 Å². The Morgan fingerprint density at radius 1 is 1.33 bits per heavy atom. The molecule has 0 spiro atoms. The van der Waals surface area contributed by atoms with Crippen LogP contribution >= 0.6 is 11.6 Å². The first-order valence-electron chi connectivity index (χ1n) is 6.82. The van der Waals surface area contributed by atoms with Gasteiger partial charge in [-0.25, -0.2) is 9.67 Å². The SMILES string of the molecule is Cc1cc(Oc2ncc(CNC(C)(C)C)cc2Cl)n(C)n1. The van der Waals surface area contributed by atoms with Crippen LogP contribution in [0.1, 0.15) is 32.0 Å². The van der Waals surface area contributed by atoms with E-state index in [2.05, 4.69) is 36.2 Å². The van der Waals surface area contributed by atoms with Crippen molar-refractivity contribution in [1.82, 2.24) is 20.1 Å². The highest BCUT2D eigenvalue weighted by molar-refractivity contribution is 6.31. The van der Waals surface area contributed by atoms with E-state index in [1.54, 1.807) is 10.9 Å². The molecule has 6 heteroatoms. The fraction of sp³-hybridized carbons (Fsp3) is 0.467. The van der Waals surface area contributed by atoms with E-state index in [9.17, 15) is 0 Å². The number of aryl methyl sites for hydroxylation is 2. The van der Waals surface area contributed by atoms with Gasteiger partial charge < -0.3 is 10.1 Å². The molecule has 2 aromatic heterocycles. The Hall–Kier alpha value is -1.59. The van der Waals surface area contributed by atoms with Gasteiger partial charge in [0, 0.05) is 31.4 Å². The fourth-order valence-electron chi connectivity index (χ4n) is 1.79. The second kappa shape index (κ2) is 6.03. The summed E-state index contributed by atoms with van der Waals surface area (Å²) in [6.45, 7) is 8.96. The zero-order valence-corrected chi connectivity index (χ0v) is 13.8. The van der Waals surface area contributed by atoms with E-state index in [1.807, 2.05) is 26.1 Å². The Kier molecular flexibility index (Phi) is 4.54. The van der Waals surface area contributed by atoms with Gasteiger partial charge in [0.15, 0.2) is 0 Å². The molecule has 21 heavy (non-hydrogen) atoms. The van der Waals surface area contributed by atoms with E-state index in [1.165, 1.54) is 0 Å². The molecule has 0 saturated heterocycles. The maximum Gasteiger partial charge on any atom is 0.240 e. The second-order valence-corrected chi connectivity index (χ2v) is 6.49. The maximum absolute atomic E-state index is 6.24. The number of pyridine rings is 1. The third kappa shape index (κ3) is 4.44. The van der Waals surface area contributed by atoms with Crippen LogP contribution in [0.2, 0.25) is 5.02 Å². The lowest BCUT2D eigenvalue weighted by Crippen LogP contribution is -2.35. The molecular formula is C15H21ClN4O. The van der Waals surface area contributed by atoms with Gasteiger partial charge in [0.05, 0.1) is 5.69 Å². The van der Waals surface area contributed by atoms with Gasteiger partial charge in [-0.3, -0.25) is 0 Å². The summed E-state index contributed by atoms with van der Waals surface area (Å²) >= 11 is 6.24. The molecule has 114 valence electrons. The quantitative estimate of drug-likeness (QED) is 0.940. The molecule has 0 amide bonds. The molecule has 0 aliphatic heterocycles. The average molecular weight is 309 g/mol. The van der Waals surface area contributed by atoms with Gasteiger partial charge >= 0.3 is 0 Å². The Balaban J connectivity index is 2.10. The normalized spacial score (nSPS) is 11.7. The first-order chi connectivity index (χ1) is 9.74. The summed E-state index contributed by atoms with van der Waals surface area (Å²) < 4.78 is 7.35. The van der Waals surface area contributed by atoms with Gasteiger partial charge in [-0.2, -0.15) is 5.10 Å². The molecular weight excluding hydrogens is 288 g/mol. The smallest absolute Gasteiger partial charge is 0.240 e. The third-order valence-corrected chi connectivity index (χ3v) is 3.12. The fourth-order valence-corrected chi connectivity index (χ4v) is 2.01. The number of ether oxygens (including phenoxy) is 1. The van der Waals surface area contributed by atoms with Crippen LogP contribution in [0.4, 0.5) is 0 Å². The van der Waals surface area contributed by atoms with Gasteiger partial charge in [0.25, 0.3) is 0 Å². The molecule has 0 fully saturated rings. The van der Waals surface area contributed by atoms with Crippen molar-refractivity contribution >= 4 is 11.6 Å². The van der Waals surface area contributed by atoms with Gasteiger partial charge in [0.1, 0.15) is 5.02 Å². The average Bonchev–Trinajstić information content (AvgIpc) is 2.67. The molecule has 0 radical (unpaired) electrons. The minimum atomic E-state index is 0.0495. The van der Waals surface area contributed by atoms with Crippen molar-refractivity contribution in [2.24, 2.45) is 7.05 Å². The monoisotopic (exact) mass is 308 g/mol. The Labute approximate surface area is 130 Å². The molecule has 0 aliphatic carbocycles. The number of hydrogen-bond acceptors (Lipinski definition) is 4. The van der Waals surface area contributed by atoms with Crippen LogP contribution in [0.25, 0.3) is 0 Å². The Morgan fingerprint density at radius 3 is 2.57 bits per heavy atom. The number of nitrogens with zero attached hydrogens (tertiary/aromatic N) is 3. The molecule has 0 aliphatic rings. The van der Waals surface area contributed by atoms with Crippen LogP contribution < -0.4 is 10.1 Å². The highest BCUT2D eigenvalue weighted by atomic mass is 35.5. The van der Waals surface area contributed by atoms with Crippen LogP contribution in [0.3, 0.4) is 0 Å². The summed E-state index contributed by atoms with van der Waals surface area (Å²) in [4.78, 5) is 4.29. The Bertz CT molecular complexity index is 631. The van der Waals surface area contributed by atoms with Crippen LogP contribution in [-0.2, 0) is 13.6 Å². The van der Waals surface area contributed by atoms with Crippen molar-refractivity contribution in [1.29, 1.82) is 0 Å². The summed E-state index contributed by atoms with van der Waals surface area (Å²) in [6.07, 6.45) is 1.77. The first kappa shape index (κ1) is 15.8. The van der Waals surface area contributed by atoms with Crippen LogP contribution in [0.15, 0.2) is 18.3 Å². The summed E-state index contributed by atoms with van der Waals surface area (Å²) in [6, 6.07) is 3.71. The van der Waals surface area contributed by atoms with Crippen molar-refractivity contribution < 1.29 is 4.74 Å². The third-order valence-electron chi connectivity index (χ3n) is 2.85. The van der Waals surface area contributed by atoms with E-state index in [4.69, 9.17) is 16.3 Å². The molecule has 5 nitrogen and oxygen atoms in total. The number of halogens is 1. The number of nitrogens with one attached hydrogen (secondary N) is 1.